The smallest absolute Gasteiger partial charge is 0.322 e. The maximum Gasteiger partial charge on any atom is 0.322 e. The van der Waals surface area contributed by atoms with E-state index >= 15 is 0 Å². The monoisotopic (exact) mass is 358 g/mol. The third kappa shape index (κ3) is 4.15. The number of rotatable bonds is 3. The number of nitrogens with zero attached hydrogens (tertiary/aromatic N) is 1. The number of ether oxygens (including phenoxy) is 1. The third-order valence-corrected chi connectivity index (χ3v) is 5.80. The molecule has 1 aliphatic rings. The number of benzene rings is 1. The number of methoxy groups -OCH3 is 1. The zero-order valence-electron chi connectivity index (χ0n) is 15.2. The number of likely N-dealkylation sites (tertiary alicyclic amines) is 1. The lowest BCUT2D eigenvalue weighted by Crippen LogP contribution is -2.37. The predicted octanol–water partition coefficient (Wildman–Crippen LogP) is 5.52. The van der Waals surface area contributed by atoms with Gasteiger partial charge < -0.3 is 15.0 Å². The topological polar surface area (TPSA) is 41.6 Å². The summed E-state index contributed by atoms with van der Waals surface area (Å²) in [7, 11) is 1.63. The van der Waals surface area contributed by atoms with Gasteiger partial charge in [-0.1, -0.05) is 18.9 Å². The van der Waals surface area contributed by atoms with Crippen LogP contribution in [0.25, 0.3) is 0 Å². The molecule has 1 aromatic carbocycles. The van der Waals surface area contributed by atoms with Crippen molar-refractivity contribution in [3.8, 4) is 5.75 Å². The first-order chi connectivity index (χ1) is 12.1. The van der Waals surface area contributed by atoms with Crippen molar-refractivity contribution in [2.24, 2.45) is 0 Å². The Kier molecular flexibility index (Phi) is 5.63. The van der Waals surface area contributed by atoms with Crippen LogP contribution in [0.5, 0.6) is 5.75 Å². The molecule has 4 nitrogen and oxygen atoms in total. The summed E-state index contributed by atoms with van der Waals surface area (Å²) in [6, 6.07) is 10.3. The summed E-state index contributed by atoms with van der Waals surface area (Å²) in [6.07, 6.45) is 4.43. The van der Waals surface area contributed by atoms with Gasteiger partial charge in [0, 0.05) is 16.3 Å². The average Bonchev–Trinajstić information content (AvgIpc) is 2.87. The van der Waals surface area contributed by atoms with Gasteiger partial charge in [0.2, 0.25) is 0 Å². The molecule has 1 aliphatic heterocycles. The second kappa shape index (κ2) is 7.91. The molecule has 0 radical (unpaired) electrons. The van der Waals surface area contributed by atoms with E-state index in [0.29, 0.717) is 5.75 Å². The molecular formula is C20H26N2O2S. The van der Waals surface area contributed by atoms with E-state index in [2.05, 4.69) is 24.4 Å². The second-order valence-electron chi connectivity index (χ2n) is 6.64. The molecule has 1 saturated heterocycles. The van der Waals surface area contributed by atoms with E-state index in [9.17, 15) is 4.79 Å². The molecule has 5 heteroatoms. The molecule has 0 bridgehead atoms. The predicted molar refractivity (Wildman–Crippen MR) is 104 cm³/mol. The first-order valence-electron chi connectivity index (χ1n) is 8.87. The lowest BCUT2D eigenvalue weighted by molar-refractivity contribution is 0.190. The van der Waals surface area contributed by atoms with Crippen LogP contribution in [-0.2, 0) is 0 Å². The minimum absolute atomic E-state index is 0.0400. The molecule has 2 heterocycles. The fraction of sp³-hybridized carbons (Fsp3) is 0.450. The molecule has 25 heavy (non-hydrogen) atoms. The van der Waals surface area contributed by atoms with Crippen molar-refractivity contribution in [3.63, 3.8) is 0 Å². The molecule has 3 rings (SSSR count). The van der Waals surface area contributed by atoms with E-state index in [-0.39, 0.29) is 12.1 Å². The van der Waals surface area contributed by atoms with Crippen molar-refractivity contribution >= 4 is 23.1 Å². The first-order valence-corrected chi connectivity index (χ1v) is 9.68. The van der Waals surface area contributed by atoms with Crippen LogP contribution in [0.15, 0.2) is 30.3 Å². The van der Waals surface area contributed by atoms with E-state index in [1.165, 1.54) is 22.6 Å². The number of hydrogen-bond donors (Lipinski definition) is 1. The molecule has 1 atom stereocenters. The summed E-state index contributed by atoms with van der Waals surface area (Å²) in [4.78, 5) is 17.6. The first kappa shape index (κ1) is 17.8. The normalized spacial score (nSPS) is 17.9. The highest BCUT2D eigenvalue weighted by atomic mass is 32.1. The molecule has 1 aromatic heterocycles. The molecular weight excluding hydrogens is 332 g/mol. The quantitative estimate of drug-likeness (QED) is 0.784. The summed E-state index contributed by atoms with van der Waals surface area (Å²) < 4.78 is 5.40. The highest BCUT2D eigenvalue weighted by Gasteiger charge is 2.28. The van der Waals surface area contributed by atoms with E-state index in [1.807, 2.05) is 30.0 Å². The van der Waals surface area contributed by atoms with Gasteiger partial charge in [0.1, 0.15) is 5.75 Å². The Morgan fingerprint density at radius 2 is 2.04 bits per heavy atom. The SMILES string of the molecule is COc1ccc(C)cc1NC(=O)N1CCCCC[C@H]1c1ccc(C)s1. The van der Waals surface area contributed by atoms with Gasteiger partial charge in [0.15, 0.2) is 0 Å². The van der Waals surface area contributed by atoms with Gasteiger partial charge in [-0.3, -0.25) is 0 Å². The van der Waals surface area contributed by atoms with Crippen LogP contribution >= 0.6 is 11.3 Å². The number of aryl methyl sites for hydroxylation is 2. The number of anilines is 1. The summed E-state index contributed by atoms with van der Waals surface area (Å²) in [5, 5.41) is 3.07. The van der Waals surface area contributed by atoms with Crippen molar-refractivity contribution in [2.75, 3.05) is 19.0 Å². The zero-order chi connectivity index (χ0) is 17.8. The Labute approximate surface area is 153 Å². The summed E-state index contributed by atoms with van der Waals surface area (Å²) in [5.41, 5.74) is 1.83. The number of nitrogens with one attached hydrogen (secondary N) is 1. The largest absolute Gasteiger partial charge is 0.495 e. The van der Waals surface area contributed by atoms with Gasteiger partial charge in [-0.05, 0) is 56.5 Å². The fourth-order valence-corrected chi connectivity index (χ4v) is 4.41. The maximum absolute atomic E-state index is 13.1. The van der Waals surface area contributed by atoms with Gasteiger partial charge in [0.25, 0.3) is 0 Å². The van der Waals surface area contributed by atoms with E-state index in [0.717, 1.165) is 30.6 Å². The molecule has 2 aromatic rings. The van der Waals surface area contributed by atoms with E-state index < -0.39 is 0 Å². The van der Waals surface area contributed by atoms with Crippen LogP contribution in [0.1, 0.15) is 47.0 Å². The lowest BCUT2D eigenvalue weighted by atomic mass is 10.1. The standard InChI is InChI=1S/C20H26N2O2S/c1-14-8-10-18(24-3)16(13-14)21-20(23)22-12-6-4-5-7-17(22)19-11-9-15(2)25-19/h8-11,13,17H,4-7,12H2,1-3H3,(H,21,23)/t17-/m0/s1. The molecule has 0 saturated carbocycles. The van der Waals surface area contributed by atoms with Crippen LogP contribution in [0, 0.1) is 13.8 Å². The minimum Gasteiger partial charge on any atom is -0.495 e. The van der Waals surface area contributed by atoms with Crippen molar-refractivity contribution in [1.82, 2.24) is 4.90 Å². The van der Waals surface area contributed by atoms with Crippen LogP contribution in [-0.4, -0.2) is 24.6 Å². The van der Waals surface area contributed by atoms with E-state index in [1.54, 1.807) is 18.4 Å². The molecule has 134 valence electrons. The van der Waals surface area contributed by atoms with Crippen molar-refractivity contribution in [1.29, 1.82) is 0 Å². The third-order valence-electron chi connectivity index (χ3n) is 4.70. The van der Waals surface area contributed by atoms with Crippen molar-refractivity contribution in [2.45, 2.75) is 45.6 Å². The number of hydrogen-bond acceptors (Lipinski definition) is 3. The minimum atomic E-state index is -0.0400. The molecule has 1 fully saturated rings. The molecule has 2 amide bonds. The number of carbonyl (C=O) groups excluding carboxylic acids is 1. The Morgan fingerprint density at radius 3 is 2.76 bits per heavy atom. The zero-order valence-corrected chi connectivity index (χ0v) is 16.0. The Morgan fingerprint density at radius 1 is 1.20 bits per heavy atom. The Bertz CT molecular complexity index is 741. The van der Waals surface area contributed by atoms with Crippen LogP contribution in [0.2, 0.25) is 0 Å². The molecule has 1 N–H and O–H groups in total. The Balaban J connectivity index is 1.84. The van der Waals surface area contributed by atoms with Gasteiger partial charge >= 0.3 is 6.03 Å². The Hall–Kier alpha value is -2.01. The number of urea groups is 1. The van der Waals surface area contributed by atoms with Gasteiger partial charge in [-0.15, -0.1) is 11.3 Å². The molecule has 0 unspecified atom stereocenters. The second-order valence-corrected chi connectivity index (χ2v) is 7.96. The van der Waals surface area contributed by atoms with Gasteiger partial charge in [0.05, 0.1) is 18.8 Å². The van der Waals surface area contributed by atoms with E-state index in [4.69, 9.17) is 4.74 Å². The highest BCUT2D eigenvalue weighted by molar-refractivity contribution is 7.12. The van der Waals surface area contributed by atoms with Gasteiger partial charge in [-0.2, -0.15) is 0 Å². The average molecular weight is 359 g/mol. The molecule has 0 aliphatic carbocycles. The molecule has 0 spiro atoms. The number of amides is 2. The maximum atomic E-state index is 13.1. The number of thiophene rings is 1. The van der Waals surface area contributed by atoms with Crippen LogP contribution in [0.3, 0.4) is 0 Å². The van der Waals surface area contributed by atoms with Crippen molar-refractivity contribution < 1.29 is 9.53 Å². The lowest BCUT2D eigenvalue weighted by Gasteiger charge is -2.30. The van der Waals surface area contributed by atoms with Crippen LogP contribution < -0.4 is 10.1 Å². The highest BCUT2D eigenvalue weighted by Crippen LogP contribution is 2.35. The fourth-order valence-electron chi connectivity index (χ4n) is 3.39. The van der Waals surface area contributed by atoms with Crippen molar-refractivity contribution in [3.05, 3.63) is 45.6 Å². The summed E-state index contributed by atoms with van der Waals surface area (Å²) >= 11 is 1.79. The summed E-state index contributed by atoms with van der Waals surface area (Å²) in [6.45, 7) is 4.92. The number of carbonyl (C=O) groups is 1. The van der Waals surface area contributed by atoms with Gasteiger partial charge in [-0.25, -0.2) is 4.79 Å². The summed E-state index contributed by atoms with van der Waals surface area (Å²) in [5.74, 6) is 0.692. The van der Waals surface area contributed by atoms with Crippen LogP contribution in [0.4, 0.5) is 10.5 Å².